The minimum absolute atomic E-state index is 0.0164. The molecule has 1 saturated heterocycles. The van der Waals surface area contributed by atoms with Crippen LogP contribution in [0.1, 0.15) is 12.5 Å². The number of esters is 1. The fraction of sp³-hybridized carbons (Fsp3) is 0.471. The van der Waals surface area contributed by atoms with E-state index in [1.807, 2.05) is 25.1 Å². The lowest BCUT2D eigenvalue weighted by Crippen LogP contribution is -2.56. The number of hydrogen-bond acceptors (Lipinski definition) is 6. The number of benzene rings is 1. The molecule has 1 aromatic carbocycles. The number of aryl methyl sites for hydroxylation is 1. The number of rotatable bonds is 9. The summed E-state index contributed by atoms with van der Waals surface area (Å²) in [5, 5.41) is 5.07. The maximum absolute atomic E-state index is 12.3. The Balaban J connectivity index is 1.80. The zero-order valence-corrected chi connectivity index (χ0v) is 15.2. The van der Waals surface area contributed by atoms with Crippen molar-refractivity contribution in [3.8, 4) is 0 Å². The number of amides is 2. The molecule has 1 heterocycles. The highest BCUT2D eigenvalue weighted by atomic mass is 32.2. The Morgan fingerprint density at radius 1 is 1.44 bits per heavy atom. The summed E-state index contributed by atoms with van der Waals surface area (Å²) < 4.78 is 7.02. The molecule has 136 valence electrons. The number of nitrogens with zero attached hydrogens (tertiary/aromatic N) is 1. The lowest BCUT2D eigenvalue weighted by molar-refractivity contribution is -0.148. The van der Waals surface area contributed by atoms with Gasteiger partial charge in [-0.3, -0.25) is 9.59 Å². The van der Waals surface area contributed by atoms with Crippen molar-refractivity contribution in [2.75, 3.05) is 26.2 Å². The highest BCUT2D eigenvalue weighted by Crippen LogP contribution is 2.30. The van der Waals surface area contributed by atoms with E-state index in [1.165, 1.54) is 5.56 Å². The molecule has 0 aromatic heterocycles. The first-order valence-electron chi connectivity index (χ1n) is 8.17. The summed E-state index contributed by atoms with van der Waals surface area (Å²) in [7, 11) is 0. The highest BCUT2D eigenvalue weighted by Gasteiger charge is 2.35. The summed E-state index contributed by atoms with van der Waals surface area (Å²) in [6.07, 6.45) is 0.488. The lowest BCUT2D eigenvalue weighted by atomic mass is 10.0. The Morgan fingerprint density at radius 3 is 2.84 bits per heavy atom. The molecule has 8 heteroatoms. The smallest absolute Gasteiger partial charge is 0.330 e. The van der Waals surface area contributed by atoms with Crippen molar-refractivity contribution in [3.05, 3.63) is 29.8 Å². The molecule has 1 aliphatic heterocycles. The Kier molecular flexibility index (Phi) is 7.27. The van der Waals surface area contributed by atoms with Crippen molar-refractivity contribution in [2.24, 2.45) is 5.92 Å². The van der Waals surface area contributed by atoms with E-state index >= 15 is 0 Å². The van der Waals surface area contributed by atoms with Gasteiger partial charge < -0.3 is 15.4 Å². The van der Waals surface area contributed by atoms with Crippen molar-refractivity contribution >= 4 is 30.2 Å². The van der Waals surface area contributed by atoms with Crippen molar-refractivity contribution in [2.45, 2.75) is 24.8 Å². The van der Waals surface area contributed by atoms with Gasteiger partial charge in [-0.2, -0.15) is 0 Å². The van der Waals surface area contributed by atoms with Crippen LogP contribution in [0.15, 0.2) is 29.2 Å². The molecule has 0 radical (unpaired) electrons. The Bertz CT molecular complexity index is 620. The van der Waals surface area contributed by atoms with Gasteiger partial charge in [-0.15, -0.1) is 0 Å². The number of carbonyl (C=O) groups excluding carboxylic acids is 3. The maximum Gasteiger partial charge on any atom is 0.330 e. The Labute approximate surface area is 151 Å². The van der Waals surface area contributed by atoms with Crippen molar-refractivity contribution in [3.63, 3.8) is 0 Å². The second kappa shape index (κ2) is 9.43. The molecule has 0 bridgehead atoms. The quantitative estimate of drug-likeness (QED) is 0.381. The fourth-order valence-electron chi connectivity index (χ4n) is 2.39. The number of nitrogens with one attached hydrogen (secondary N) is 2. The van der Waals surface area contributed by atoms with Gasteiger partial charge in [0.1, 0.15) is 6.04 Å². The first-order valence-corrected chi connectivity index (χ1v) is 8.94. The molecule has 1 aromatic rings. The molecule has 0 spiro atoms. The normalized spacial score (nSPS) is 15.8. The molecule has 7 nitrogen and oxygen atoms in total. The zero-order valence-electron chi connectivity index (χ0n) is 14.4. The monoisotopic (exact) mass is 365 g/mol. The molecule has 1 atom stereocenters. The third-order valence-corrected chi connectivity index (χ3v) is 4.76. The first kappa shape index (κ1) is 19.3. The van der Waals surface area contributed by atoms with Crippen LogP contribution in [-0.2, 0) is 19.1 Å². The number of ether oxygens (including phenoxy) is 1. The summed E-state index contributed by atoms with van der Waals surface area (Å²) in [4.78, 5) is 35.7. The van der Waals surface area contributed by atoms with Crippen LogP contribution in [0.5, 0.6) is 0 Å². The highest BCUT2D eigenvalue weighted by molar-refractivity contribution is 7.97. The van der Waals surface area contributed by atoms with Gasteiger partial charge in [-0.05, 0) is 43.5 Å². The fourth-order valence-corrected chi connectivity index (χ4v) is 3.58. The third kappa shape index (κ3) is 5.75. The van der Waals surface area contributed by atoms with Crippen LogP contribution in [0.2, 0.25) is 0 Å². The SMILES string of the molecule is CCOC(=O)C(CNC=O)NC(=O)C1CN(Sc2cccc(C)c2)C1. The van der Waals surface area contributed by atoms with E-state index in [-0.39, 0.29) is 25.0 Å². The van der Waals surface area contributed by atoms with E-state index in [1.54, 1.807) is 18.9 Å². The molecule has 2 amide bonds. The average molecular weight is 365 g/mol. The summed E-state index contributed by atoms with van der Waals surface area (Å²) in [6.45, 7) is 5.19. The number of carbonyl (C=O) groups is 3. The molecule has 25 heavy (non-hydrogen) atoms. The van der Waals surface area contributed by atoms with Crippen molar-refractivity contribution < 1.29 is 19.1 Å². The predicted molar refractivity (Wildman–Crippen MR) is 94.7 cm³/mol. The third-order valence-electron chi connectivity index (χ3n) is 3.74. The van der Waals surface area contributed by atoms with Crippen LogP contribution in [0.3, 0.4) is 0 Å². The van der Waals surface area contributed by atoms with Gasteiger partial charge in [0, 0.05) is 24.5 Å². The van der Waals surface area contributed by atoms with E-state index in [0.717, 1.165) is 4.90 Å². The zero-order chi connectivity index (χ0) is 18.2. The van der Waals surface area contributed by atoms with Crippen LogP contribution in [0.25, 0.3) is 0 Å². The second-order valence-electron chi connectivity index (χ2n) is 5.79. The average Bonchev–Trinajstić information content (AvgIpc) is 2.54. The standard InChI is InChI=1S/C17H23N3O4S/c1-3-24-17(23)15(8-18-11-21)19-16(22)13-9-20(10-13)25-14-6-4-5-12(2)7-14/h4-7,11,13,15H,3,8-10H2,1-2H3,(H,18,21)(H,19,22). The molecule has 2 N–H and O–H groups in total. The van der Waals surface area contributed by atoms with Gasteiger partial charge in [0.25, 0.3) is 0 Å². The Hall–Kier alpha value is -2.06. The first-order chi connectivity index (χ1) is 12.0. The molecule has 0 saturated carbocycles. The van der Waals surface area contributed by atoms with E-state index < -0.39 is 12.0 Å². The van der Waals surface area contributed by atoms with Crippen molar-refractivity contribution in [1.29, 1.82) is 0 Å². The summed E-state index contributed by atoms with van der Waals surface area (Å²) in [6, 6.07) is 7.31. The maximum atomic E-state index is 12.3. The summed E-state index contributed by atoms with van der Waals surface area (Å²) in [5.74, 6) is -0.923. The summed E-state index contributed by atoms with van der Waals surface area (Å²) in [5.41, 5.74) is 1.19. The van der Waals surface area contributed by atoms with Crippen molar-refractivity contribution in [1.82, 2.24) is 14.9 Å². The minimum Gasteiger partial charge on any atom is -0.464 e. The minimum atomic E-state index is -0.865. The van der Waals surface area contributed by atoms with Gasteiger partial charge in [-0.1, -0.05) is 12.1 Å². The molecule has 0 aliphatic carbocycles. The van der Waals surface area contributed by atoms with Crippen LogP contribution in [0.4, 0.5) is 0 Å². The molecular weight excluding hydrogens is 342 g/mol. The van der Waals surface area contributed by atoms with Crippen LogP contribution >= 0.6 is 11.9 Å². The van der Waals surface area contributed by atoms with Gasteiger partial charge >= 0.3 is 5.97 Å². The van der Waals surface area contributed by atoms with Gasteiger partial charge in [-0.25, -0.2) is 9.10 Å². The molecule has 1 aliphatic rings. The number of hydrogen-bond donors (Lipinski definition) is 2. The van der Waals surface area contributed by atoms with Crippen LogP contribution in [-0.4, -0.2) is 54.9 Å². The van der Waals surface area contributed by atoms with E-state index in [4.69, 9.17) is 4.74 Å². The second-order valence-corrected chi connectivity index (χ2v) is 6.96. The van der Waals surface area contributed by atoms with Gasteiger partial charge in [0.2, 0.25) is 12.3 Å². The predicted octanol–water partition coefficient (Wildman–Crippen LogP) is 0.728. The molecular formula is C17H23N3O4S. The van der Waals surface area contributed by atoms with E-state index in [9.17, 15) is 14.4 Å². The van der Waals surface area contributed by atoms with E-state index in [2.05, 4.69) is 21.0 Å². The molecule has 1 fully saturated rings. The lowest BCUT2D eigenvalue weighted by Gasteiger charge is -2.37. The van der Waals surface area contributed by atoms with Crippen LogP contribution in [0, 0.1) is 12.8 Å². The molecule has 1 unspecified atom stereocenters. The molecule has 2 rings (SSSR count). The largest absolute Gasteiger partial charge is 0.464 e. The van der Waals surface area contributed by atoms with Gasteiger partial charge in [0.05, 0.1) is 12.5 Å². The Morgan fingerprint density at radius 2 is 2.20 bits per heavy atom. The van der Waals surface area contributed by atoms with Crippen LogP contribution < -0.4 is 10.6 Å². The van der Waals surface area contributed by atoms with Gasteiger partial charge in [0.15, 0.2) is 0 Å². The topological polar surface area (TPSA) is 87.7 Å². The van der Waals surface area contributed by atoms with E-state index in [0.29, 0.717) is 19.5 Å². The summed E-state index contributed by atoms with van der Waals surface area (Å²) >= 11 is 1.62.